The second-order valence-corrected chi connectivity index (χ2v) is 4.05. The Labute approximate surface area is 94.7 Å². The van der Waals surface area contributed by atoms with Gasteiger partial charge in [-0.05, 0) is 30.5 Å². The van der Waals surface area contributed by atoms with Gasteiger partial charge in [-0.1, -0.05) is 12.1 Å². The Morgan fingerprint density at radius 2 is 2.31 bits per heavy atom. The first-order chi connectivity index (χ1) is 7.72. The van der Waals surface area contributed by atoms with Gasteiger partial charge in [-0.3, -0.25) is 4.79 Å². The summed E-state index contributed by atoms with van der Waals surface area (Å²) in [7, 11) is 0. The maximum Gasteiger partial charge on any atom is 0.245 e. The molecule has 0 saturated carbocycles. The summed E-state index contributed by atoms with van der Waals surface area (Å²) in [5.41, 5.74) is 7.59. The van der Waals surface area contributed by atoms with Crippen LogP contribution >= 0.6 is 0 Å². The molecule has 1 aliphatic heterocycles. The topological polar surface area (TPSA) is 66.6 Å². The van der Waals surface area contributed by atoms with Crippen molar-refractivity contribution in [2.45, 2.75) is 18.9 Å². The van der Waals surface area contributed by atoms with Crippen LogP contribution in [0.5, 0.6) is 0 Å². The van der Waals surface area contributed by atoms with E-state index in [4.69, 9.17) is 10.8 Å². The minimum Gasteiger partial charge on any atom is -0.396 e. The summed E-state index contributed by atoms with van der Waals surface area (Å²) in [6.45, 7) is 0.792. The van der Waals surface area contributed by atoms with Gasteiger partial charge in [0.1, 0.15) is 6.04 Å². The molecular weight excluding hydrogens is 204 g/mol. The average Bonchev–Trinajstić information content (AvgIpc) is 2.33. The smallest absolute Gasteiger partial charge is 0.245 e. The lowest BCUT2D eigenvalue weighted by Gasteiger charge is -2.36. The number of carbonyl (C=O) groups excluding carboxylic acids is 1. The van der Waals surface area contributed by atoms with Crippen LogP contribution in [-0.4, -0.2) is 30.2 Å². The second-order valence-electron chi connectivity index (χ2n) is 4.05. The summed E-state index contributed by atoms with van der Waals surface area (Å²) in [5.74, 6) is -0.0145. The van der Waals surface area contributed by atoms with Crippen LogP contribution in [0.4, 0.5) is 5.69 Å². The van der Waals surface area contributed by atoms with Crippen LogP contribution < -0.4 is 10.6 Å². The Morgan fingerprint density at radius 1 is 1.50 bits per heavy atom. The van der Waals surface area contributed by atoms with Crippen molar-refractivity contribution < 1.29 is 9.90 Å². The molecule has 1 saturated heterocycles. The van der Waals surface area contributed by atoms with Crippen LogP contribution in [0.1, 0.15) is 12.0 Å². The molecule has 1 aliphatic rings. The molecule has 1 heterocycles. The van der Waals surface area contributed by atoms with Gasteiger partial charge >= 0.3 is 0 Å². The van der Waals surface area contributed by atoms with Crippen LogP contribution in [0.3, 0.4) is 0 Å². The normalized spacial score (nSPS) is 19.8. The van der Waals surface area contributed by atoms with E-state index in [0.29, 0.717) is 6.54 Å². The molecule has 1 fully saturated rings. The number of benzene rings is 1. The molecule has 86 valence electrons. The van der Waals surface area contributed by atoms with Crippen LogP contribution in [0.25, 0.3) is 0 Å². The van der Waals surface area contributed by atoms with E-state index in [1.54, 1.807) is 4.90 Å². The van der Waals surface area contributed by atoms with E-state index in [9.17, 15) is 4.79 Å². The minimum absolute atomic E-state index is 0.0145. The molecule has 2 rings (SSSR count). The summed E-state index contributed by atoms with van der Waals surface area (Å²) >= 11 is 0. The number of nitrogens with zero attached hydrogens (tertiary/aromatic N) is 1. The van der Waals surface area contributed by atoms with E-state index in [2.05, 4.69) is 0 Å². The molecule has 1 unspecified atom stereocenters. The van der Waals surface area contributed by atoms with E-state index in [1.807, 2.05) is 24.3 Å². The van der Waals surface area contributed by atoms with E-state index < -0.39 is 0 Å². The Morgan fingerprint density at radius 3 is 2.94 bits per heavy atom. The van der Waals surface area contributed by atoms with E-state index in [1.165, 1.54) is 0 Å². The number of aryl methyl sites for hydroxylation is 1. The third-order valence-corrected chi connectivity index (χ3v) is 2.81. The van der Waals surface area contributed by atoms with Crippen molar-refractivity contribution in [1.29, 1.82) is 0 Å². The molecule has 0 spiro atoms. The molecule has 0 bridgehead atoms. The fraction of sp³-hybridized carbons (Fsp3) is 0.417. The first-order valence-corrected chi connectivity index (χ1v) is 5.49. The summed E-state index contributed by atoms with van der Waals surface area (Å²) < 4.78 is 0. The number of carbonyl (C=O) groups is 1. The molecule has 4 heteroatoms. The maximum atomic E-state index is 11.4. The molecule has 4 nitrogen and oxygen atoms in total. The molecule has 1 amide bonds. The zero-order valence-electron chi connectivity index (χ0n) is 9.10. The van der Waals surface area contributed by atoms with Crippen molar-refractivity contribution >= 4 is 11.6 Å². The molecule has 16 heavy (non-hydrogen) atoms. The molecule has 0 aromatic heterocycles. The molecule has 1 aromatic rings. The summed E-state index contributed by atoms with van der Waals surface area (Å²) in [4.78, 5) is 13.1. The average molecular weight is 220 g/mol. The first-order valence-electron chi connectivity index (χ1n) is 5.49. The highest BCUT2D eigenvalue weighted by Gasteiger charge is 2.34. The van der Waals surface area contributed by atoms with Gasteiger partial charge in [0.2, 0.25) is 5.91 Å². The number of anilines is 1. The summed E-state index contributed by atoms with van der Waals surface area (Å²) in [5, 5.41) is 8.76. The fourth-order valence-electron chi connectivity index (χ4n) is 1.85. The lowest BCUT2D eigenvalue weighted by atomic mass is 10.0. The van der Waals surface area contributed by atoms with Crippen LogP contribution in [-0.2, 0) is 11.2 Å². The second kappa shape index (κ2) is 4.63. The van der Waals surface area contributed by atoms with Gasteiger partial charge < -0.3 is 15.7 Å². The largest absolute Gasteiger partial charge is 0.396 e. The zero-order valence-corrected chi connectivity index (χ0v) is 9.10. The number of hydrogen-bond acceptors (Lipinski definition) is 3. The lowest BCUT2D eigenvalue weighted by molar-refractivity contribution is -0.123. The Kier molecular flexibility index (Phi) is 3.22. The molecule has 1 atom stereocenters. The quantitative estimate of drug-likeness (QED) is 0.716. The van der Waals surface area contributed by atoms with Crippen LogP contribution in [0.15, 0.2) is 24.3 Å². The predicted molar refractivity (Wildman–Crippen MR) is 62.2 cm³/mol. The van der Waals surface area contributed by atoms with Gasteiger partial charge in [0.05, 0.1) is 6.54 Å². The van der Waals surface area contributed by atoms with Crippen molar-refractivity contribution in [2.24, 2.45) is 5.73 Å². The number of hydrogen-bond donors (Lipinski definition) is 2. The third kappa shape index (κ3) is 2.08. The standard InChI is InChI=1S/C12H16N2O2/c13-11-8-14(12(11)16)10-5-1-3-9(7-10)4-2-6-15/h1,3,5,7,11,15H,2,4,6,8,13H2. The monoisotopic (exact) mass is 220 g/mol. The van der Waals surface area contributed by atoms with Gasteiger partial charge in [0.15, 0.2) is 0 Å². The van der Waals surface area contributed by atoms with E-state index in [-0.39, 0.29) is 18.6 Å². The number of aliphatic hydroxyl groups is 1. The number of nitrogens with two attached hydrogens (primary N) is 1. The molecular formula is C12H16N2O2. The van der Waals surface area contributed by atoms with Crippen molar-refractivity contribution in [3.8, 4) is 0 Å². The first kappa shape index (κ1) is 11.1. The van der Waals surface area contributed by atoms with Crippen molar-refractivity contribution in [1.82, 2.24) is 0 Å². The molecule has 3 N–H and O–H groups in total. The van der Waals surface area contributed by atoms with Crippen molar-refractivity contribution in [3.63, 3.8) is 0 Å². The van der Waals surface area contributed by atoms with Gasteiger partial charge in [-0.2, -0.15) is 0 Å². The Hall–Kier alpha value is -1.39. The summed E-state index contributed by atoms with van der Waals surface area (Å²) in [6.07, 6.45) is 1.58. The fourth-order valence-corrected chi connectivity index (χ4v) is 1.85. The minimum atomic E-state index is -0.332. The highest BCUT2D eigenvalue weighted by atomic mass is 16.2. The SMILES string of the molecule is NC1CN(c2cccc(CCCO)c2)C1=O. The van der Waals surface area contributed by atoms with Gasteiger partial charge in [0, 0.05) is 12.3 Å². The van der Waals surface area contributed by atoms with Gasteiger partial charge in [0.25, 0.3) is 0 Å². The van der Waals surface area contributed by atoms with Crippen LogP contribution in [0.2, 0.25) is 0 Å². The Balaban J connectivity index is 2.07. The number of β-lactam (4-membered cyclic amide) rings is 1. The summed E-state index contributed by atoms with van der Waals surface area (Å²) in [6, 6.07) is 7.50. The molecule has 0 aliphatic carbocycles. The molecule has 0 radical (unpaired) electrons. The molecule has 1 aromatic carbocycles. The van der Waals surface area contributed by atoms with Crippen molar-refractivity contribution in [3.05, 3.63) is 29.8 Å². The zero-order chi connectivity index (χ0) is 11.5. The van der Waals surface area contributed by atoms with E-state index >= 15 is 0 Å². The third-order valence-electron chi connectivity index (χ3n) is 2.81. The highest BCUT2D eigenvalue weighted by Crippen LogP contribution is 2.22. The predicted octanol–water partition coefficient (Wildman–Crippen LogP) is 0.285. The number of rotatable bonds is 4. The Bertz CT molecular complexity index is 392. The van der Waals surface area contributed by atoms with Crippen molar-refractivity contribution in [2.75, 3.05) is 18.1 Å². The van der Waals surface area contributed by atoms with Gasteiger partial charge in [-0.15, -0.1) is 0 Å². The lowest BCUT2D eigenvalue weighted by Crippen LogP contribution is -2.61. The number of aliphatic hydroxyl groups excluding tert-OH is 1. The number of amides is 1. The van der Waals surface area contributed by atoms with Crippen LogP contribution in [0, 0.1) is 0 Å². The highest BCUT2D eigenvalue weighted by molar-refractivity contribution is 6.03. The van der Waals surface area contributed by atoms with E-state index in [0.717, 1.165) is 24.1 Å². The maximum absolute atomic E-state index is 11.4. The van der Waals surface area contributed by atoms with Gasteiger partial charge in [-0.25, -0.2) is 0 Å².